The SMILES string of the molecule is O=C(O)[C@@H]1Cc2ccccc2CN1S(=O)(=O)c1ccc2c(c1)OCCO2. The molecular weight excluding hydrogens is 358 g/mol. The predicted molar refractivity (Wildman–Crippen MR) is 91.7 cm³/mol. The Morgan fingerprint density at radius 3 is 2.46 bits per heavy atom. The molecule has 2 aromatic carbocycles. The molecule has 0 unspecified atom stereocenters. The Morgan fingerprint density at radius 1 is 1.04 bits per heavy atom. The predicted octanol–water partition coefficient (Wildman–Crippen LogP) is 1.66. The van der Waals surface area contributed by atoms with Gasteiger partial charge in [0.25, 0.3) is 0 Å². The number of ether oxygens (including phenoxy) is 2. The highest BCUT2D eigenvalue weighted by atomic mass is 32.2. The summed E-state index contributed by atoms with van der Waals surface area (Å²) in [7, 11) is -4.02. The van der Waals surface area contributed by atoms with Gasteiger partial charge in [-0.15, -0.1) is 0 Å². The third-order valence-electron chi connectivity index (χ3n) is 4.61. The molecule has 0 saturated carbocycles. The van der Waals surface area contributed by atoms with Gasteiger partial charge in [-0.3, -0.25) is 4.79 Å². The Hall–Kier alpha value is -2.58. The van der Waals surface area contributed by atoms with Gasteiger partial charge in [0.2, 0.25) is 10.0 Å². The summed E-state index contributed by atoms with van der Waals surface area (Å²) >= 11 is 0. The lowest BCUT2D eigenvalue weighted by molar-refractivity contribution is -0.141. The van der Waals surface area contributed by atoms with Crippen molar-refractivity contribution in [2.75, 3.05) is 13.2 Å². The summed E-state index contributed by atoms with van der Waals surface area (Å²) in [6, 6.07) is 10.5. The van der Waals surface area contributed by atoms with Crippen LogP contribution in [0.3, 0.4) is 0 Å². The highest BCUT2D eigenvalue weighted by molar-refractivity contribution is 7.89. The van der Waals surface area contributed by atoms with Crippen molar-refractivity contribution in [2.45, 2.75) is 23.9 Å². The van der Waals surface area contributed by atoms with E-state index < -0.39 is 22.0 Å². The number of benzene rings is 2. The summed E-state index contributed by atoms with van der Waals surface area (Å²) in [6.07, 6.45) is 0.134. The fourth-order valence-electron chi connectivity index (χ4n) is 3.28. The molecule has 8 heteroatoms. The lowest BCUT2D eigenvalue weighted by atomic mass is 9.96. The van der Waals surface area contributed by atoms with Gasteiger partial charge in [0.15, 0.2) is 11.5 Å². The Kier molecular flexibility index (Phi) is 4.08. The standard InChI is InChI=1S/C18H17NO6S/c20-18(21)15-9-12-3-1-2-4-13(12)11-19(15)26(22,23)14-5-6-16-17(10-14)25-8-7-24-16/h1-6,10,15H,7-9,11H2,(H,20,21)/t15-/m0/s1. The summed E-state index contributed by atoms with van der Waals surface area (Å²) in [5.74, 6) is -0.337. The number of rotatable bonds is 3. The maximum absolute atomic E-state index is 13.2. The van der Waals surface area contributed by atoms with Crippen LogP contribution >= 0.6 is 0 Å². The molecule has 0 fully saturated rings. The van der Waals surface area contributed by atoms with E-state index in [9.17, 15) is 18.3 Å². The first-order chi connectivity index (χ1) is 12.5. The molecule has 2 heterocycles. The number of carbonyl (C=O) groups is 1. The molecular formula is C18H17NO6S. The van der Waals surface area contributed by atoms with E-state index in [1.807, 2.05) is 24.3 Å². The molecule has 0 saturated heterocycles. The van der Waals surface area contributed by atoms with Crippen molar-refractivity contribution in [1.82, 2.24) is 4.31 Å². The van der Waals surface area contributed by atoms with Crippen LogP contribution in [-0.2, 0) is 27.8 Å². The van der Waals surface area contributed by atoms with Crippen LogP contribution in [0.4, 0.5) is 0 Å². The minimum absolute atomic E-state index is 0.00705. The van der Waals surface area contributed by atoms with Crippen molar-refractivity contribution in [3.8, 4) is 11.5 Å². The Morgan fingerprint density at radius 2 is 1.73 bits per heavy atom. The average Bonchev–Trinajstić information content (AvgIpc) is 2.66. The van der Waals surface area contributed by atoms with Crippen molar-refractivity contribution in [3.05, 3.63) is 53.6 Å². The quantitative estimate of drug-likeness (QED) is 0.877. The van der Waals surface area contributed by atoms with E-state index in [1.54, 1.807) is 0 Å². The highest BCUT2D eigenvalue weighted by Gasteiger charge is 2.40. The second-order valence-corrected chi connectivity index (χ2v) is 8.07. The smallest absolute Gasteiger partial charge is 0.322 e. The van der Waals surface area contributed by atoms with E-state index in [0.29, 0.717) is 24.7 Å². The van der Waals surface area contributed by atoms with Gasteiger partial charge in [0.1, 0.15) is 19.3 Å². The van der Waals surface area contributed by atoms with E-state index >= 15 is 0 Å². The van der Waals surface area contributed by atoms with E-state index in [0.717, 1.165) is 15.4 Å². The fourth-order valence-corrected chi connectivity index (χ4v) is 4.86. The van der Waals surface area contributed by atoms with Gasteiger partial charge in [0, 0.05) is 19.0 Å². The average molecular weight is 375 g/mol. The first-order valence-corrected chi connectivity index (χ1v) is 9.62. The van der Waals surface area contributed by atoms with Crippen molar-refractivity contribution >= 4 is 16.0 Å². The third-order valence-corrected chi connectivity index (χ3v) is 6.46. The van der Waals surface area contributed by atoms with E-state index in [1.165, 1.54) is 18.2 Å². The zero-order valence-electron chi connectivity index (χ0n) is 13.8. The van der Waals surface area contributed by atoms with Gasteiger partial charge in [-0.05, 0) is 23.3 Å². The molecule has 0 bridgehead atoms. The lowest BCUT2D eigenvalue weighted by Gasteiger charge is -2.33. The van der Waals surface area contributed by atoms with Gasteiger partial charge in [-0.25, -0.2) is 8.42 Å². The van der Waals surface area contributed by atoms with Crippen molar-refractivity contribution in [1.29, 1.82) is 0 Å². The zero-order valence-corrected chi connectivity index (χ0v) is 14.6. The molecule has 26 heavy (non-hydrogen) atoms. The topological polar surface area (TPSA) is 93.1 Å². The Balaban J connectivity index is 1.75. The number of fused-ring (bicyclic) bond motifs is 2. The molecule has 1 N–H and O–H groups in total. The van der Waals surface area contributed by atoms with Crippen LogP contribution in [0.15, 0.2) is 47.4 Å². The van der Waals surface area contributed by atoms with Crippen molar-refractivity contribution in [3.63, 3.8) is 0 Å². The molecule has 0 aromatic heterocycles. The molecule has 2 aliphatic heterocycles. The lowest BCUT2D eigenvalue weighted by Crippen LogP contribution is -2.48. The van der Waals surface area contributed by atoms with Crippen LogP contribution in [-0.4, -0.2) is 43.1 Å². The first kappa shape index (κ1) is 16.9. The first-order valence-electron chi connectivity index (χ1n) is 8.18. The van der Waals surface area contributed by atoms with Crippen molar-refractivity contribution in [2.24, 2.45) is 0 Å². The number of carboxylic acids is 1. The molecule has 0 amide bonds. The van der Waals surface area contributed by atoms with Crippen LogP contribution in [0, 0.1) is 0 Å². The molecule has 1 atom stereocenters. The normalized spacial score (nSPS) is 19.6. The van der Waals surface area contributed by atoms with E-state index in [-0.39, 0.29) is 17.9 Å². The molecule has 7 nitrogen and oxygen atoms in total. The Bertz CT molecular complexity index is 971. The van der Waals surface area contributed by atoms with Crippen LogP contribution in [0.5, 0.6) is 11.5 Å². The summed E-state index contributed by atoms with van der Waals surface area (Å²) < 4.78 is 38.2. The molecule has 136 valence electrons. The molecule has 0 radical (unpaired) electrons. The molecule has 0 aliphatic carbocycles. The minimum atomic E-state index is -4.02. The zero-order chi connectivity index (χ0) is 18.3. The monoisotopic (exact) mass is 375 g/mol. The second-order valence-electron chi connectivity index (χ2n) is 6.18. The summed E-state index contributed by atoms with van der Waals surface area (Å²) in [5.41, 5.74) is 1.67. The van der Waals surface area contributed by atoms with E-state index in [4.69, 9.17) is 9.47 Å². The molecule has 0 spiro atoms. The van der Waals surface area contributed by atoms with Gasteiger partial charge in [-0.1, -0.05) is 24.3 Å². The number of aliphatic carboxylic acids is 1. The van der Waals surface area contributed by atoms with Gasteiger partial charge in [-0.2, -0.15) is 4.31 Å². The third kappa shape index (κ3) is 2.81. The van der Waals surface area contributed by atoms with Crippen LogP contribution < -0.4 is 9.47 Å². The maximum atomic E-state index is 13.2. The summed E-state index contributed by atoms with van der Waals surface area (Å²) in [6.45, 7) is 0.762. The maximum Gasteiger partial charge on any atom is 0.322 e. The number of carboxylic acid groups (broad SMARTS) is 1. The number of sulfonamides is 1. The number of nitrogens with zero attached hydrogens (tertiary/aromatic N) is 1. The van der Waals surface area contributed by atoms with Crippen LogP contribution in [0.1, 0.15) is 11.1 Å². The van der Waals surface area contributed by atoms with Crippen molar-refractivity contribution < 1.29 is 27.8 Å². The minimum Gasteiger partial charge on any atom is -0.486 e. The Labute approximate surface area is 150 Å². The molecule has 2 aromatic rings. The number of hydrogen-bond donors (Lipinski definition) is 1. The van der Waals surface area contributed by atoms with Gasteiger partial charge >= 0.3 is 5.97 Å². The number of hydrogen-bond acceptors (Lipinski definition) is 5. The van der Waals surface area contributed by atoms with Crippen LogP contribution in [0.2, 0.25) is 0 Å². The second kappa shape index (κ2) is 6.30. The van der Waals surface area contributed by atoms with E-state index in [2.05, 4.69) is 0 Å². The van der Waals surface area contributed by atoms with Gasteiger partial charge < -0.3 is 14.6 Å². The highest BCUT2D eigenvalue weighted by Crippen LogP contribution is 2.35. The van der Waals surface area contributed by atoms with Crippen LogP contribution in [0.25, 0.3) is 0 Å². The fraction of sp³-hybridized carbons (Fsp3) is 0.278. The summed E-state index contributed by atoms with van der Waals surface area (Å²) in [5, 5.41) is 9.59. The largest absolute Gasteiger partial charge is 0.486 e. The molecule has 4 rings (SSSR count). The molecule has 2 aliphatic rings. The summed E-state index contributed by atoms with van der Waals surface area (Å²) in [4.78, 5) is 11.7. The van der Waals surface area contributed by atoms with Gasteiger partial charge in [0.05, 0.1) is 4.90 Å².